The summed E-state index contributed by atoms with van der Waals surface area (Å²) in [6, 6.07) is 12.8. The number of hydrogen-bond acceptors (Lipinski definition) is 6. The molecule has 8 nitrogen and oxygen atoms in total. The van der Waals surface area contributed by atoms with Gasteiger partial charge in [-0.2, -0.15) is 0 Å². The van der Waals surface area contributed by atoms with Crippen LogP contribution in [0.2, 0.25) is 0 Å². The fraction of sp³-hybridized carbons (Fsp3) is 0.611. The summed E-state index contributed by atoms with van der Waals surface area (Å²) in [4.78, 5) is 28.0. The highest BCUT2D eigenvalue weighted by Crippen LogP contribution is 2.32. The molecule has 2 atom stereocenters. The molecule has 0 radical (unpaired) electrons. The third-order valence-corrected chi connectivity index (χ3v) is 9.66. The molecule has 0 saturated heterocycles. The number of carboxylic acids is 1. The van der Waals surface area contributed by atoms with E-state index >= 15 is 0 Å². The molecule has 1 aliphatic rings. The number of carbonyl (C=O) groups excluding carboxylic acids is 1. The summed E-state index contributed by atoms with van der Waals surface area (Å²) in [6.45, 7) is 14.0. The lowest BCUT2D eigenvalue weighted by Crippen LogP contribution is -2.45. The van der Waals surface area contributed by atoms with Gasteiger partial charge in [0.2, 0.25) is 0 Å². The number of aryl methyl sites for hydroxylation is 1. The van der Waals surface area contributed by atoms with Crippen molar-refractivity contribution in [3.05, 3.63) is 59.2 Å². The molecule has 1 fully saturated rings. The number of amides is 1. The van der Waals surface area contributed by atoms with Gasteiger partial charge in [0.1, 0.15) is 15.9 Å². The first kappa shape index (κ1) is 36.7. The Bertz CT molecular complexity index is 1390. The van der Waals surface area contributed by atoms with Gasteiger partial charge >= 0.3 is 5.97 Å². The number of benzene rings is 2. The second-order valence-electron chi connectivity index (χ2n) is 14.1. The normalized spacial score (nSPS) is 16.1. The number of carbonyl (C=O) groups is 2. The highest BCUT2D eigenvalue weighted by Gasteiger charge is 2.29. The van der Waals surface area contributed by atoms with Crippen molar-refractivity contribution in [1.29, 1.82) is 0 Å². The SMILES string of the molecule is Cc1ccccc1-c1cc(CN(C(C)C)C(COC(C)(C)C)CC2CCCCC2)ccc1C(=O)NC(CCS(C)(=O)=O)C(=O)O. The van der Waals surface area contributed by atoms with Crippen molar-refractivity contribution in [3.63, 3.8) is 0 Å². The van der Waals surface area contributed by atoms with E-state index in [1.54, 1.807) is 6.07 Å². The van der Waals surface area contributed by atoms with Crippen LogP contribution in [-0.4, -0.2) is 72.6 Å². The van der Waals surface area contributed by atoms with Gasteiger partial charge in [-0.25, -0.2) is 13.2 Å². The van der Waals surface area contributed by atoms with Crippen LogP contribution in [0.25, 0.3) is 11.1 Å². The monoisotopic (exact) mass is 642 g/mol. The second kappa shape index (κ2) is 16.2. The fourth-order valence-corrected chi connectivity index (χ4v) is 6.87. The van der Waals surface area contributed by atoms with Crippen LogP contribution in [0, 0.1) is 12.8 Å². The minimum absolute atomic E-state index is 0.208. The maximum atomic E-state index is 13.6. The summed E-state index contributed by atoms with van der Waals surface area (Å²) in [5.41, 5.74) is 3.76. The van der Waals surface area contributed by atoms with Crippen LogP contribution < -0.4 is 5.32 Å². The van der Waals surface area contributed by atoms with Gasteiger partial charge in [0.25, 0.3) is 5.91 Å². The molecule has 0 spiro atoms. The first-order valence-corrected chi connectivity index (χ1v) is 18.4. The quantitative estimate of drug-likeness (QED) is 0.224. The molecule has 2 aromatic carbocycles. The van der Waals surface area contributed by atoms with Gasteiger partial charge in [-0.15, -0.1) is 0 Å². The highest BCUT2D eigenvalue weighted by atomic mass is 32.2. The van der Waals surface area contributed by atoms with Crippen molar-refractivity contribution in [2.75, 3.05) is 18.6 Å². The van der Waals surface area contributed by atoms with E-state index in [9.17, 15) is 23.1 Å². The zero-order chi connectivity index (χ0) is 33.4. The van der Waals surface area contributed by atoms with E-state index in [0.717, 1.165) is 29.4 Å². The number of carboxylic acid groups (broad SMARTS) is 1. The number of sulfone groups is 1. The number of rotatable bonds is 15. The maximum Gasteiger partial charge on any atom is 0.326 e. The largest absolute Gasteiger partial charge is 0.480 e. The van der Waals surface area contributed by atoms with Gasteiger partial charge in [-0.1, -0.05) is 62.4 Å². The lowest BCUT2D eigenvalue weighted by Gasteiger charge is -2.39. The Morgan fingerprint density at radius 3 is 2.29 bits per heavy atom. The number of aliphatic carboxylic acids is 1. The molecule has 9 heteroatoms. The van der Waals surface area contributed by atoms with Crippen molar-refractivity contribution >= 4 is 21.7 Å². The lowest BCUT2D eigenvalue weighted by atomic mass is 9.84. The molecular weight excluding hydrogens is 588 g/mol. The molecule has 0 aromatic heterocycles. The van der Waals surface area contributed by atoms with Crippen molar-refractivity contribution in [2.24, 2.45) is 5.92 Å². The van der Waals surface area contributed by atoms with Gasteiger partial charge in [0.05, 0.1) is 18.0 Å². The minimum Gasteiger partial charge on any atom is -0.480 e. The first-order chi connectivity index (χ1) is 21.0. The molecular formula is C36H54N2O6S. The molecule has 0 aliphatic heterocycles. The van der Waals surface area contributed by atoms with Gasteiger partial charge in [0, 0.05) is 30.4 Å². The van der Waals surface area contributed by atoms with Crippen molar-refractivity contribution in [1.82, 2.24) is 10.2 Å². The summed E-state index contributed by atoms with van der Waals surface area (Å²) in [6.07, 6.45) is 8.36. The average molecular weight is 643 g/mol. The zero-order valence-corrected chi connectivity index (χ0v) is 29.1. The molecule has 1 aliphatic carbocycles. The third-order valence-electron chi connectivity index (χ3n) is 8.68. The number of ether oxygens (including phenoxy) is 1. The van der Waals surface area contributed by atoms with Gasteiger partial charge in [0.15, 0.2) is 0 Å². The predicted octanol–water partition coefficient (Wildman–Crippen LogP) is 6.64. The molecule has 0 heterocycles. The first-order valence-electron chi connectivity index (χ1n) is 16.3. The molecule has 45 heavy (non-hydrogen) atoms. The molecule has 1 saturated carbocycles. The Labute approximate surface area is 270 Å². The van der Waals surface area contributed by atoms with Crippen LogP contribution in [0.5, 0.6) is 0 Å². The summed E-state index contributed by atoms with van der Waals surface area (Å²) in [5.74, 6) is -1.46. The smallest absolute Gasteiger partial charge is 0.326 e. The van der Waals surface area contributed by atoms with Crippen LogP contribution in [0.3, 0.4) is 0 Å². The van der Waals surface area contributed by atoms with Crippen molar-refractivity contribution < 1.29 is 27.9 Å². The van der Waals surface area contributed by atoms with Gasteiger partial charge in [-0.05, 0) is 94.7 Å². The van der Waals surface area contributed by atoms with E-state index in [-0.39, 0.29) is 29.9 Å². The van der Waals surface area contributed by atoms with Gasteiger partial charge in [-0.3, -0.25) is 9.69 Å². The Morgan fingerprint density at radius 1 is 1.04 bits per heavy atom. The third kappa shape index (κ3) is 11.8. The summed E-state index contributed by atoms with van der Waals surface area (Å²) < 4.78 is 29.8. The Morgan fingerprint density at radius 2 is 1.71 bits per heavy atom. The summed E-state index contributed by atoms with van der Waals surface area (Å²) in [7, 11) is -3.39. The highest BCUT2D eigenvalue weighted by molar-refractivity contribution is 7.90. The second-order valence-corrected chi connectivity index (χ2v) is 16.3. The van der Waals surface area contributed by atoms with E-state index in [2.05, 4.69) is 44.8 Å². The van der Waals surface area contributed by atoms with Gasteiger partial charge < -0.3 is 15.2 Å². The summed E-state index contributed by atoms with van der Waals surface area (Å²) >= 11 is 0. The van der Waals surface area contributed by atoms with E-state index < -0.39 is 27.8 Å². The summed E-state index contributed by atoms with van der Waals surface area (Å²) in [5, 5.41) is 12.3. The zero-order valence-electron chi connectivity index (χ0n) is 28.3. The Hall–Kier alpha value is -2.75. The van der Waals surface area contributed by atoms with E-state index in [0.29, 0.717) is 30.2 Å². The molecule has 0 bridgehead atoms. The predicted molar refractivity (Wildman–Crippen MR) is 181 cm³/mol. The van der Waals surface area contributed by atoms with E-state index in [1.165, 1.54) is 32.1 Å². The molecule has 2 N–H and O–H groups in total. The topological polar surface area (TPSA) is 113 Å². The fourth-order valence-electron chi connectivity index (χ4n) is 6.21. The van der Waals surface area contributed by atoms with Crippen LogP contribution in [0.1, 0.15) is 101 Å². The van der Waals surface area contributed by atoms with Crippen LogP contribution in [-0.2, 0) is 25.9 Å². The van der Waals surface area contributed by atoms with Crippen LogP contribution >= 0.6 is 0 Å². The molecule has 1 amide bonds. The molecule has 2 unspecified atom stereocenters. The van der Waals surface area contributed by atoms with Crippen LogP contribution in [0.15, 0.2) is 42.5 Å². The number of nitrogens with zero attached hydrogens (tertiary/aromatic N) is 1. The average Bonchev–Trinajstić information content (AvgIpc) is 2.95. The maximum absolute atomic E-state index is 13.6. The van der Waals surface area contributed by atoms with E-state index in [4.69, 9.17) is 4.74 Å². The number of hydrogen-bond donors (Lipinski definition) is 2. The van der Waals surface area contributed by atoms with Crippen LogP contribution in [0.4, 0.5) is 0 Å². The van der Waals surface area contributed by atoms with Crippen molar-refractivity contribution in [3.8, 4) is 11.1 Å². The molecule has 250 valence electrons. The Kier molecular flexibility index (Phi) is 13.2. The lowest BCUT2D eigenvalue weighted by molar-refractivity contribution is -0.139. The molecule has 3 rings (SSSR count). The van der Waals surface area contributed by atoms with E-state index in [1.807, 2.05) is 43.3 Å². The number of nitrogens with one attached hydrogen (secondary N) is 1. The van der Waals surface area contributed by atoms with Crippen molar-refractivity contribution in [2.45, 2.75) is 117 Å². The molecule has 2 aromatic rings. The standard InChI is InChI=1S/C36H54N2O6S/c1-25(2)38(29(24-44-36(4,5)6)21-27-14-9-8-10-15-27)23-28-17-18-31(32(22-28)30-16-12-11-13-26(30)3)34(39)37-33(35(40)41)19-20-45(7,42)43/h11-13,16-18,22,25,27,29,33H,8-10,14-15,19-21,23-24H2,1-7H3,(H,37,39)(H,40,41). The Balaban J connectivity index is 1.97. The minimum atomic E-state index is -3.39.